The minimum Gasteiger partial charge on any atom is -0.466 e. The quantitative estimate of drug-likeness (QED) is 0.883. The van der Waals surface area contributed by atoms with E-state index < -0.39 is 0 Å². The van der Waals surface area contributed by atoms with Gasteiger partial charge in [0.1, 0.15) is 11.5 Å². The molecule has 1 saturated heterocycles. The average Bonchev–Trinajstić information content (AvgIpc) is 2.69. The first-order valence-electron chi connectivity index (χ1n) is 7.46. The van der Waals surface area contributed by atoms with E-state index in [1.807, 2.05) is 0 Å². The monoisotopic (exact) mass is 279 g/mol. The number of hydrogen-bond acceptors (Lipinski definition) is 3. The van der Waals surface area contributed by atoms with Crippen molar-refractivity contribution in [3.63, 3.8) is 0 Å². The van der Waals surface area contributed by atoms with Gasteiger partial charge >= 0.3 is 0 Å². The second-order valence-corrected chi connectivity index (χ2v) is 8.06. The molecule has 2 nitrogen and oxygen atoms in total. The summed E-state index contributed by atoms with van der Waals surface area (Å²) in [5.74, 6) is 4.88. The van der Waals surface area contributed by atoms with E-state index in [1.165, 1.54) is 42.1 Å². The van der Waals surface area contributed by atoms with Gasteiger partial charge in [-0.25, -0.2) is 0 Å². The summed E-state index contributed by atoms with van der Waals surface area (Å²) in [6.45, 7) is 6.79. The Kier molecular flexibility index (Phi) is 3.69. The van der Waals surface area contributed by atoms with Crippen LogP contribution in [0.25, 0.3) is 0 Å². The normalized spacial score (nSPS) is 30.1. The molecule has 3 heteroatoms. The van der Waals surface area contributed by atoms with E-state index in [-0.39, 0.29) is 0 Å². The van der Waals surface area contributed by atoms with Crippen molar-refractivity contribution in [3.05, 3.63) is 23.2 Å². The van der Waals surface area contributed by atoms with Crippen molar-refractivity contribution < 1.29 is 4.42 Å². The maximum Gasteiger partial charge on any atom is 0.109 e. The number of aryl methyl sites for hydroxylation is 1. The Labute approximate surface area is 120 Å². The molecule has 3 rings (SSSR count). The molecule has 106 valence electrons. The van der Waals surface area contributed by atoms with Crippen LogP contribution in [-0.4, -0.2) is 17.5 Å². The van der Waals surface area contributed by atoms with E-state index in [4.69, 9.17) is 4.42 Å². The molecule has 0 radical (unpaired) electrons. The van der Waals surface area contributed by atoms with Gasteiger partial charge in [0.15, 0.2) is 0 Å². The number of hydrogen-bond donors (Lipinski definition) is 1. The first-order chi connectivity index (χ1) is 9.03. The van der Waals surface area contributed by atoms with Crippen LogP contribution in [-0.2, 0) is 6.42 Å². The lowest BCUT2D eigenvalue weighted by Gasteiger charge is -2.37. The molecule has 0 amide bonds. The van der Waals surface area contributed by atoms with Crippen LogP contribution in [0.5, 0.6) is 0 Å². The smallest absolute Gasteiger partial charge is 0.109 e. The lowest BCUT2D eigenvalue weighted by atomic mass is 9.74. The summed E-state index contributed by atoms with van der Waals surface area (Å²) in [6.07, 6.45) is 4.99. The van der Waals surface area contributed by atoms with Crippen LogP contribution in [0.3, 0.4) is 0 Å². The van der Waals surface area contributed by atoms with Gasteiger partial charge in [-0.15, -0.1) is 0 Å². The van der Waals surface area contributed by atoms with Gasteiger partial charge in [-0.3, -0.25) is 0 Å². The molecular weight excluding hydrogens is 254 g/mol. The fourth-order valence-electron chi connectivity index (χ4n) is 3.49. The molecule has 1 N–H and O–H groups in total. The van der Waals surface area contributed by atoms with Crippen LogP contribution >= 0.6 is 11.8 Å². The van der Waals surface area contributed by atoms with E-state index >= 15 is 0 Å². The third-order valence-corrected chi connectivity index (χ3v) is 5.55. The second-order valence-electron chi connectivity index (χ2n) is 6.91. The Morgan fingerprint density at radius 2 is 2.26 bits per heavy atom. The number of nitrogens with one attached hydrogen (secondary N) is 1. The highest BCUT2D eigenvalue weighted by Crippen LogP contribution is 2.42. The van der Waals surface area contributed by atoms with Crippen molar-refractivity contribution in [3.8, 4) is 0 Å². The van der Waals surface area contributed by atoms with E-state index in [0.29, 0.717) is 17.5 Å². The number of fused-ring (bicyclic) bond motifs is 1. The van der Waals surface area contributed by atoms with Crippen LogP contribution in [0, 0.1) is 12.3 Å². The maximum absolute atomic E-state index is 5.92. The van der Waals surface area contributed by atoms with Gasteiger partial charge in [0.25, 0.3) is 0 Å². The van der Waals surface area contributed by atoms with Gasteiger partial charge < -0.3 is 9.73 Å². The topological polar surface area (TPSA) is 25.2 Å². The molecule has 0 spiro atoms. The van der Waals surface area contributed by atoms with Crippen molar-refractivity contribution in [2.75, 3.05) is 11.5 Å². The highest BCUT2D eigenvalue weighted by Gasteiger charge is 2.35. The van der Waals surface area contributed by atoms with Crippen LogP contribution in [0.15, 0.2) is 10.5 Å². The third-order valence-electron chi connectivity index (χ3n) is 4.33. The van der Waals surface area contributed by atoms with Crippen molar-refractivity contribution in [2.24, 2.45) is 5.41 Å². The number of thioether (sulfide) groups is 1. The van der Waals surface area contributed by atoms with Crippen molar-refractivity contribution >= 4 is 11.8 Å². The average molecular weight is 279 g/mol. The lowest BCUT2D eigenvalue weighted by Crippen LogP contribution is -2.40. The Morgan fingerprint density at radius 3 is 3.00 bits per heavy atom. The second kappa shape index (κ2) is 5.17. The number of furan rings is 1. The van der Waals surface area contributed by atoms with Crippen LogP contribution in [0.2, 0.25) is 0 Å². The molecule has 1 aromatic rings. The summed E-state index contributed by atoms with van der Waals surface area (Å²) in [6, 6.07) is 3.42. The summed E-state index contributed by atoms with van der Waals surface area (Å²) < 4.78 is 5.92. The predicted molar refractivity (Wildman–Crippen MR) is 81.8 cm³/mol. The zero-order valence-corrected chi connectivity index (χ0v) is 13.1. The minimum atomic E-state index is 0.344. The first-order valence-corrected chi connectivity index (χ1v) is 8.62. The van der Waals surface area contributed by atoms with E-state index in [0.717, 1.165) is 12.2 Å². The molecule has 0 aromatic carbocycles. The van der Waals surface area contributed by atoms with Gasteiger partial charge in [-0.1, -0.05) is 13.8 Å². The summed E-state index contributed by atoms with van der Waals surface area (Å²) >= 11 is 2.09. The highest BCUT2D eigenvalue weighted by atomic mass is 32.2. The van der Waals surface area contributed by atoms with Crippen molar-refractivity contribution in [1.82, 2.24) is 5.32 Å². The third kappa shape index (κ3) is 3.03. The predicted octanol–water partition coefficient (Wildman–Crippen LogP) is 4.09. The lowest BCUT2D eigenvalue weighted by molar-refractivity contribution is 0.224. The largest absolute Gasteiger partial charge is 0.466 e. The minimum absolute atomic E-state index is 0.344. The fourth-order valence-corrected chi connectivity index (χ4v) is 4.57. The molecule has 2 heterocycles. The van der Waals surface area contributed by atoms with E-state index in [9.17, 15) is 0 Å². The van der Waals surface area contributed by atoms with Crippen LogP contribution < -0.4 is 5.32 Å². The van der Waals surface area contributed by atoms with Crippen LogP contribution in [0.4, 0.5) is 0 Å². The van der Waals surface area contributed by atoms with Crippen LogP contribution in [0.1, 0.15) is 56.2 Å². The molecule has 0 saturated carbocycles. The molecule has 0 bridgehead atoms. The SMILES string of the molecule is Cc1cc2c(o1)CC(C)(C)CC2NC1CCCSC1. The summed E-state index contributed by atoms with van der Waals surface area (Å²) in [7, 11) is 0. The standard InChI is InChI=1S/C16H25NOS/c1-11-7-13-14(17-12-5-4-6-19-10-12)8-16(2,3)9-15(13)18-11/h7,12,14,17H,4-6,8-10H2,1-3H3. The highest BCUT2D eigenvalue weighted by molar-refractivity contribution is 7.99. The molecule has 1 aliphatic carbocycles. The maximum atomic E-state index is 5.92. The van der Waals surface area contributed by atoms with Gasteiger partial charge in [0.05, 0.1) is 0 Å². The molecule has 1 fully saturated rings. The van der Waals surface area contributed by atoms with E-state index in [2.05, 4.69) is 43.9 Å². The molecule has 1 aromatic heterocycles. The molecule has 19 heavy (non-hydrogen) atoms. The summed E-state index contributed by atoms with van der Waals surface area (Å²) in [5, 5.41) is 3.90. The molecular formula is C16H25NOS. The Bertz CT molecular complexity index is 446. The Balaban J connectivity index is 1.79. The Hall–Kier alpha value is -0.410. The Morgan fingerprint density at radius 1 is 1.42 bits per heavy atom. The molecule has 1 aliphatic heterocycles. The molecule has 2 aliphatic rings. The van der Waals surface area contributed by atoms with Gasteiger partial charge in [0, 0.05) is 29.8 Å². The van der Waals surface area contributed by atoms with Gasteiger partial charge in [0.2, 0.25) is 0 Å². The van der Waals surface area contributed by atoms with Gasteiger partial charge in [-0.05, 0) is 43.4 Å². The fraction of sp³-hybridized carbons (Fsp3) is 0.750. The zero-order valence-electron chi connectivity index (χ0n) is 12.3. The molecule has 2 unspecified atom stereocenters. The summed E-state index contributed by atoms with van der Waals surface area (Å²) in [5.41, 5.74) is 1.77. The van der Waals surface area contributed by atoms with Crippen molar-refractivity contribution in [2.45, 2.75) is 58.5 Å². The molecule has 2 atom stereocenters. The van der Waals surface area contributed by atoms with Crippen molar-refractivity contribution in [1.29, 1.82) is 0 Å². The zero-order chi connectivity index (χ0) is 13.5. The van der Waals surface area contributed by atoms with E-state index in [1.54, 1.807) is 0 Å². The first kappa shape index (κ1) is 13.6. The number of rotatable bonds is 2. The van der Waals surface area contributed by atoms with Gasteiger partial charge in [-0.2, -0.15) is 11.8 Å². The summed E-state index contributed by atoms with van der Waals surface area (Å²) in [4.78, 5) is 0.